The van der Waals surface area contributed by atoms with Crippen molar-refractivity contribution in [3.05, 3.63) is 77.2 Å². The number of alkyl halides is 3. The van der Waals surface area contributed by atoms with Gasteiger partial charge in [-0.15, -0.1) is 0 Å². The molecule has 0 radical (unpaired) electrons. The molecule has 0 fully saturated rings. The summed E-state index contributed by atoms with van der Waals surface area (Å²) in [6, 6.07) is 11.0. The van der Waals surface area contributed by atoms with Gasteiger partial charge in [-0.3, -0.25) is 9.59 Å². The Hall–Kier alpha value is -4.23. The third-order valence-corrected chi connectivity index (χ3v) is 5.90. The standard InChI is InChI=1S/C27H28F4N4O5/c1-25(2,33)17-11-19(15-4-7-18(28)8-5-15)35-22(12-17)26(38,27(29,30)31)14-34-24(37)16-6-9-20(21(10-16)39-3)40-13-23(32)36/h4-12,38H,13-14,33H2,1-3H3,(H2,32,36)(H,34,37). The zero-order chi connectivity index (χ0) is 29.9. The van der Waals surface area contributed by atoms with Crippen molar-refractivity contribution >= 4 is 11.8 Å². The van der Waals surface area contributed by atoms with Crippen LogP contribution in [-0.2, 0) is 15.9 Å². The number of hydrogen-bond acceptors (Lipinski definition) is 7. The third kappa shape index (κ3) is 6.85. The third-order valence-electron chi connectivity index (χ3n) is 5.90. The van der Waals surface area contributed by atoms with E-state index in [0.717, 1.165) is 18.2 Å². The minimum atomic E-state index is -5.28. The van der Waals surface area contributed by atoms with E-state index in [1.54, 1.807) is 13.8 Å². The number of nitrogens with one attached hydrogen (secondary N) is 1. The van der Waals surface area contributed by atoms with Crippen molar-refractivity contribution in [2.24, 2.45) is 11.5 Å². The van der Waals surface area contributed by atoms with E-state index in [1.165, 1.54) is 43.5 Å². The molecule has 3 rings (SSSR count). The Bertz CT molecular complexity index is 1390. The van der Waals surface area contributed by atoms with Gasteiger partial charge >= 0.3 is 6.18 Å². The molecule has 2 aromatic carbocycles. The summed E-state index contributed by atoms with van der Waals surface area (Å²) in [6.45, 7) is 1.34. The van der Waals surface area contributed by atoms with Crippen LogP contribution in [-0.4, -0.2) is 48.3 Å². The second-order valence-electron chi connectivity index (χ2n) is 9.52. The van der Waals surface area contributed by atoms with Gasteiger partial charge in [0.2, 0.25) is 5.60 Å². The Morgan fingerprint density at radius 1 is 1.02 bits per heavy atom. The van der Waals surface area contributed by atoms with Crippen molar-refractivity contribution in [3.8, 4) is 22.8 Å². The zero-order valence-electron chi connectivity index (χ0n) is 21.8. The first kappa shape index (κ1) is 30.3. The average Bonchev–Trinajstić information content (AvgIpc) is 2.89. The van der Waals surface area contributed by atoms with Gasteiger partial charge < -0.3 is 31.4 Å². The van der Waals surface area contributed by atoms with Crippen molar-refractivity contribution in [1.29, 1.82) is 0 Å². The number of benzene rings is 2. The summed E-state index contributed by atoms with van der Waals surface area (Å²) in [5.74, 6) is -2.20. The molecule has 2 amide bonds. The number of rotatable bonds is 10. The minimum Gasteiger partial charge on any atom is -0.493 e. The first-order valence-electron chi connectivity index (χ1n) is 11.8. The van der Waals surface area contributed by atoms with Crippen LogP contribution in [0.2, 0.25) is 0 Å². The number of amides is 2. The first-order chi connectivity index (χ1) is 18.5. The molecule has 0 aliphatic carbocycles. The Kier molecular flexibility index (Phi) is 8.70. The number of aliphatic hydroxyl groups is 1. The normalized spacial score (nSPS) is 13.3. The first-order valence-corrected chi connectivity index (χ1v) is 11.8. The number of nitrogens with zero attached hydrogens (tertiary/aromatic N) is 1. The number of carbonyl (C=O) groups excluding carboxylic acids is 2. The van der Waals surface area contributed by atoms with E-state index in [0.29, 0.717) is 0 Å². The summed E-state index contributed by atoms with van der Waals surface area (Å²) >= 11 is 0. The van der Waals surface area contributed by atoms with Crippen molar-refractivity contribution < 1.29 is 41.7 Å². The van der Waals surface area contributed by atoms with Gasteiger partial charge in [-0.1, -0.05) is 0 Å². The Morgan fingerprint density at radius 2 is 1.68 bits per heavy atom. The van der Waals surface area contributed by atoms with Crippen molar-refractivity contribution in [1.82, 2.24) is 10.3 Å². The number of primary amides is 1. The smallest absolute Gasteiger partial charge is 0.424 e. The quantitative estimate of drug-likeness (QED) is 0.276. The van der Waals surface area contributed by atoms with Crippen LogP contribution in [0.3, 0.4) is 0 Å². The van der Waals surface area contributed by atoms with Gasteiger partial charge in [0.15, 0.2) is 18.1 Å². The SMILES string of the molecule is COc1cc(C(=O)NCC(O)(c2cc(C(C)(C)N)cc(-c3ccc(F)cc3)n2)C(F)(F)F)ccc1OCC(N)=O. The summed E-state index contributed by atoms with van der Waals surface area (Å²) in [5.41, 5.74) is 6.00. The lowest BCUT2D eigenvalue weighted by Gasteiger charge is -2.32. The van der Waals surface area contributed by atoms with Gasteiger partial charge in [0.05, 0.1) is 25.0 Å². The maximum absolute atomic E-state index is 14.4. The molecule has 9 nitrogen and oxygen atoms in total. The van der Waals surface area contributed by atoms with Crippen LogP contribution >= 0.6 is 0 Å². The summed E-state index contributed by atoms with van der Waals surface area (Å²) in [5, 5.41) is 13.1. The van der Waals surface area contributed by atoms with Crippen LogP contribution in [0.25, 0.3) is 11.3 Å². The molecule has 0 aliphatic rings. The number of methoxy groups -OCH3 is 1. The summed E-state index contributed by atoms with van der Waals surface area (Å²) in [6.07, 6.45) is -5.28. The molecule has 214 valence electrons. The molecule has 40 heavy (non-hydrogen) atoms. The number of nitrogens with two attached hydrogens (primary N) is 2. The van der Waals surface area contributed by atoms with Crippen molar-refractivity contribution in [2.45, 2.75) is 31.2 Å². The molecule has 0 bridgehead atoms. The van der Waals surface area contributed by atoms with Crippen LogP contribution in [0.5, 0.6) is 11.5 Å². The Balaban J connectivity index is 1.99. The van der Waals surface area contributed by atoms with Crippen LogP contribution in [0.15, 0.2) is 54.6 Å². The van der Waals surface area contributed by atoms with Gasteiger partial charge in [-0.25, -0.2) is 9.37 Å². The Morgan fingerprint density at radius 3 is 2.23 bits per heavy atom. The summed E-state index contributed by atoms with van der Waals surface area (Å²) in [7, 11) is 1.26. The average molecular weight is 565 g/mol. The second kappa shape index (κ2) is 11.5. The lowest BCUT2D eigenvalue weighted by atomic mass is 9.89. The molecule has 1 heterocycles. The minimum absolute atomic E-state index is 0.0105. The second-order valence-corrected chi connectivity index (χ2v) is 9.52. The number of halogens is 4. The molecule has 0 spiro atoms. The fourth-order valence-corrected chi connectivity index (χ4v) is 3.61. The highest BCUT2D eigenvalue weighted by Gasteiger charge is 2.56. The number of pyridine rings is 1. The van der Waals surface area contributed by atoms with Crippen molar-refractivity contribution in [2.75, 3.05) is 20.3 Å². The van der Waals surface area contributed by atoms with Crippen LogP contribution in [0, 0.1) is 5.82 Å². The van der Waals surface area contributed by atoms with Gasteiger partial charge in [-0.2, -0.15) is 13.2 Å². The van der Waals surface area contributed by atoms with Crippen molar-refractivity contribution in [3.63, 3.8) is 0 Å². The molecule has 6 N–H and O–H groups in total. The number of hydrogen-bond donors (Lipinski definition) is 4. The zero-order valence-corrected chi connectivity index (χ0v) is 21.8. The number of aromatic nitrogens is 1. The molecule has 0 saturated heterocycles. The van der Waals surface area contributed by atoms with Gasteiger partial charge in [-0.05, 0) is 74.0 Å². The molecule has 13 heteroatoms. The largest absolute Gasteiger partial charge is 0.493 e. The van der Waals surface area contributed by atoms with Crippen LogP contribution < -0.4 is 26.3 Å². The molecule has 3 aromatic rings. The highest BCUT2D eigenvalue weighted by molar-refractivity contribution is 5.95. The summed E-state index contributed by atoms with van der Waals surface area (Å²) < 4.78 is 66.9. The predicted octanol–water partition coefficient (Wildman–Crippen LogP) is 3.13. The maximum atomic E-state index is 14.4. The van der Waals surface area contributed by atoms with E-state index in [1.807, 2.05) is 0 Å². The van der Waals surface area contributed by atoms with E-state index in [9.17, 15) is 32.3 Å². The summed E-state index contributed by atoms with van der Waals surface area (Å²) in [4.78, 5) is 27.8. The molecule has 1 aromatic heterocycles. The van der Waals surface area contributed by atoms with E-state index in [-0.39, 0.29) is 33.9 Å². The molecule has 1 unspecified atom stereocenters. The van der Waals surface area contributed by atoms with Crippen LogP contribution in [0.1, 0.15) is 35.5 Å². The molecule has 1 atom stereocenters. The highest BCUT2D eigenvalue weighted by Crippen LogP contribution is 2.40. The van der Waals surface area contributed by atoms with Gasteiger partial charge in [0.1, 0.15) is 5.82 Å². The lowest BCUT2D eigenvalue weighted by Crippen LogP contribution is -2.51. The van der Waals surface area contributed by atoms with E-state index >= 15 is 0 Å². The highest BCUT2D eigenvalue weighted by atomic mass is 19.4. The van der Waals surface area contributed by atoms with Gasteiger partial charge in [0, 0.05) is 16.7 Å². The predicted molar refractivity (Wildman–Crippen MR) is 137 cm³/mol. The Labute approximate surface area is 227 Å². The molecular weight excluding hydrogens is 536 g/mol. The fourth-order valence-electron chi connectivity index (χ4n) is 3.61. The van der Waals surface area contributed by atoms with Crippen LogP contribution in [0.4, 0.5) is 17.6 Å². The topological polar surface area (TPSA) is 150 Å². The monoisotopic (exact) mass is 564 g/mol. The van der Waals surface area contributed by atoms with E-state index in [4.69, 9.17) is 20.9 Å². The molecule has 0 aliphatic heterocycles. The van der Waals surface area contributed by atoms with Gasteiger partial charge in [0.25, 0.3) is 11.8 Å². The number of ether oxygens (including phenoxy) is 2. The molecular formula is C27H28F4N4O5. The lowest BCUT2D eigenvalue weighted by molar-refractivity contribution is -0.265. The van der Waals surface area contributed by atoms with E-state index in [2.05, 4.69) is 10.3 Å². The fraction of sp³-hybridized carbons (Fsp3) is 0.296. The van der Waals surface area contributed by atoms with E-state index < -0.39 is 53.8 Å². The number of carbonyl (C=O) groups is 2. The maximum Gasteiger partial charge on any atom is 0.424 e. The molecule has 0 saturated carbocycles.